The predicted molar refractivity (Wildman–Crippen MR) is 273 cm³/mol. The molecule has 8 nitrogen and oxygen atoms in total. The molecule has 0 bridgehead atoms. The number of aromatic nitrogens is 7. The molecule has 0 spiro atoms. The van der Waals surface area contributed by atoms with Gasteiger partial charge >= 0.3 is 0 Å². The topological polar surface area (TPSA) is 95.4 Å². The third-order valence-corrected chi connectivity index (χ3v) is 12.5. The molecule has 0 unspecified atom stereocenters. The number of hydrogen-bond acceptors (Lipinski definition) is 7. The van der Waals surface area contributed by atoms with Gasteiger partial charge < -0.3 is 8.98 Å². The van der Waals surface area contributed by atoms with E-state index in [1.807, 2.05) is 127 Å². The molecule has 13 aromatic rings. The third kappa shape index (κ3) is 6.78. The van der Waals surface area contributed by atoms with E-state index in [0.29, 0.717) is 40.5 Å². The molecule has 9 aromatic carbocycles. The van der Waals surface area contributed by atoms with E-state index in [1.54, 1.807) is 0 Å². The van der Waals surface area contributed by atoms with Gasteiger partial charge in [0.25, 0.3) is 0 Å². The lowest BCUT2D eigenvalue weighted by atomic mass is 10.0. The Kier molecular flexibility index (Phi) is 9.31. The van der Waals surface area contributed by atoms with Crippen molar-refractivity contribution < 1.29 is 4.42 Å². The quantitative estimate of drug-likeness (QED) is 0.150. The molecule has 0 atom stereocenters. The van der Waals surface area contributed by atoms with Crippen LogP contribution in [0, 0.1) is 0 Å². The van der Waals surface area contributed by atoms with Crippen LogP contribution in [-0.4, -0.2) is 34.5 Å². The molecule has 0 fully saturated rings. The van der Waals surface area contributed by atoms with Crippen molar-refractivity contribution in [2.45, 2.75) is 0 Å². The highest BCUT2D eigenvalue weighted by molar-refractivity contribution is 6.11. The molecular formula is C60H37N7O. The number of para-hydroxylation sites is 3. The maximum Gasteiger partial charge on any atom is 0.167 e. The van der Waals surface area contributed by atoms with Crippen molar-refractivity contribution in [2.24, 2.45) is 0 Å². The van der Waals surface area contributed by atoms with E-state index in [4.69, 9.17) is 34.3 Å². The first-order valence-electron chi connectivity index (χ1n) is 22.5. The van der Waals surface area contributed by atoms with E-state index in [2.05, 4.69) is 102 Å². The minimum atomic E-state index is 0.490. The fourth-order valence-electron chi connectivity index (χ4n) is 9.28. The van der Waals surface area contributed by atoms with Gasteiger partial charge in [-0.1, -0.05) is 182 Å². The van der Waals surface area contributed by atoms with Crippen molar-refractivity contribution in [3.05, 3.63) is 224 Å². The van der Waals surface area contributed by atoms with E-state index >= 15 is 0 Å². The number of benzene rings is 9. The van der Waals surface area contributed by atoms with Gasteiger partial charge in [0, 0.05) is 49.4 Å². The number of hydrogen-bond donors (Lipinski definition) is 0. The normalized spacial score (nSPS) is 11.5. The molecule has 0 amide bonds. The molecular weight excluding hydrogens is 835 g/mol. The fourth-order valence-corrected chi connectivity index (χ4v) is 9.28. The summed E-state index contributed by atoms with van der Waals surface area (Å²) in [5.41, 5.74) is 11.7. The Hall–Kier alpha value is -9.40. The van der Waals surface area contributed by atoms with E-state index in [0.717, 1.165) is 88.4 Å². The summed E-state index contributed by atoms with van der Waals surface area (Å²) in [5, 5.41) is 4.30. The van der Waals surface area contributed by atoms with E-state index in [1.165, 1.54) is 0 Å². The van der Waals surface area contributed by atoms with E-state index < -0.39 is 0 Å². The molecule has 0 aliphatic carbocycles. The van der Waals surface area contributed by atoms with Crippen LogP contribution in [0.2, 0.25) is 0 Å². The Morgan fingerprint density at radius 3 is 1.38 bits per heavy atom. The van der Waals surface area contributed by atoms with Gasteiger partial charge in [-0.2, -0.15) is 0 Å². The standard InChI is InChI=1S/C60H37N7O/c1-5-18-38(19-6-1)42-32-34-45-44-26-13-15-30-50(44)67(52(45)37-42)51-35-33-43(36-49(51)60-64-55(39-20-7-2-8-21-39)61-56(65-60)40-22-9-3-10-23-40)58-62-57(41-24-11-4-12-25-41)63-59(66-58)48-29-17-28-47-46-27-14-16-31-53(46)68-54(47)48/h1-37H. The zero-order chi connectivity index (χ0) is 45.0. The first-order valence-corrected chi connectivity index (χ1v) is 22.5. The van der Waals surface area contributed by atoms with Gasteiger partial charge in [-0.05, 0) is 53.6 Å². The van der Waals surface area contributed by atoms with Gasteiger partial charge in [0.2, 0.25) is 0 Å². The van der Waals surface area contributed by atoms with Gasteiger partial charge in [-0.3, -0.25) is 0 Å². The maximum atomic E-state index is 6.54. The second-order valence-corrected chi connectivity index (χ2v) is 16.7. The predicted octanol–water partition coefficient (Wildman–Crippen LogP) is 14.7. The molecule has 0 saturated carbocycles. The second kappa shape index (κ2) is 16.2. The number of nitrogens with zero attached hydrogens (tertiary/aromatic N) is 7. The third-order valence-electron chi connectivity index (χ3n) is 12.5. The molecule has 0 saturated heterocycles. The van der Waals surface area contributed by atoms with Crippen molar-refractivity contribution in [3.8, 4) is 85.1 Å². The van der Waals surface area contributed by atoms with Crippen LogP contribution in [0.25, 0.3) is 129 Å². The fraction of sp³-hybridized carbons (Fsp3) is 0. The average Bonchev–Trinajstić information content (AvgIpc) is 3.97. The molecule has 0 radical (unpaired) electrons. The van der Waals surface area contributed by atoms with Gasteiger partial charge in [-0.25, -0.2) is 29.9 Å². The second-order valence-electron chi connectivity index (χ2n) is 16.7. The number of fused-ring (bicyclic) bond motifs is 6. The highest BCUT2D eigenvalue weighted by Crippen LogP contribution is 2.41. The first kappa shape index (κ1) is 39.0. The van der Waals surface area contributed by atoms with E-state index in [-0.39, 0.29) is 0 Å². The van der Waals surface area contributed by atoms with Crippen LogP contribution < -0.4 is 0 Å². The van der Waals surface area contributed by atoms with Crippen molar-refractivity contribution in [2.75, 3.05) is 0 Å². The van der Waals surface area contributed by atoms with Crippen molar-refractivity contribution in [1.29, 1.82) is 0 Å². The Morgan fingerprint density at radius 1 is 0.279 bits per heavy atom. The largest absolute Gasteiger partial charge is 0.455 e. The molecule has 13 rings (SSSR count). The summed E-state index contributed by atoms with van der Waals surface area (Å²) >= 11 is 0. The van der Waals surface area contributed by atoms with Crippen molar-refractivity contribution in [3.63, 3.8) is 0 Å². The van der Waals surface area contributed by atoms with E-state index in [9.17, 15) is 0 Å². The summed E-state index contributed by atoms with van der Waals surface area (Å²) in [5.74, 6) is 3.16. The lowest BCUT2D eigenvalue weighted by molar-refractivity contribution is 0.669. The highest BCUT2D eigenvalue weighted by Gasteiger charge is 2.23. The summed E-state index contributed by atoms with van der Waals surface area (Å²) < 4.78 is 8.87. The van der Waals surface area contributed by atoms with Crippen LogP contribution in [0.1, 0.15) is 0 Å². The lowest BCUT2D eigenvalue weighted by Gasteiger charge is -2.16. The molecule has 8 heteroatoms. The van der Waals surface area contributed by atoms with Crippen molar-refractivity contribution >= 4 is 43.7 Å². The molecule has 318 valence electrons. The van der Waals surface area contributed by atoms with Crippen LogP contribution >= 0.6 is 0 Å². The molecule has 0 aliphatic heterocycles. The number of furan rings is 1. The van der Waals surface area contributed by atoms with Gasteiger partial charge in [-0.15, -0.1) is 0 Å². The summed E-state index contributed by atoms with van der Waals surface area (Å²) in [6.07, 6.45) is 0. The van der Waals surface area contributed by atoms with Crippen LogP contribution in [0.15, 0.2) is 229 Å². The Bertz CT molecular complexity index is 3960. The Morgan fingerprint density at radius 2 is 0.750 bits per heavy atom. The zero-order valence-corrected chi connectivity index (χ0v) is 36.4. The summed E-state index contributed by atoms with van der Waals surface area (Å²) in [6.45, 7) is 0. The average molecular weight is 872 g/mol. The van der Waals surface area contributed by atoms with Gasteiger partial charge in [0.05, 0.1) is 22.3 Å². The molecule has 4 aromatic heterocycles. The van der Waals surface area contributed by atoms with Crippen molar-refractivity contribution in [1.82, 2.24) is 34.5 Å². The first-order chi connectivity index (χ1) is 33.7. The van der Waals surface area contributed by atoms with Crippen LogP contribution in [0.3, 0.4) is 0 Å². The summed E-state index contributed by atoms with van der Waals surface area (Å²) in [6, 6.07) is 76.5. The number of rotatable bonds is 8. The maximum absolute atomic E-state index is 6.54. The highest BCUT2D eigenvalue weighted by atomic mass is 16.3. The summed E-state index contributed by atoms with van der Waals surface area (Å²) in [7, 11) is 0. The van der Waals surface area contributed by atoms with Crippen LogP contribution in [0.4, 0.5) is 0 Å². The van der Waals surface area contributed by atoms with Crippen LogP contribution in [0.5, 0.6) is 0 Å². The molecule has 4 heterocycles. The minimum absolute atomic E-state index is 0.490. The molecule has 68 heavy (non-hydrogen) atoms. The monoisotopic (exact) mass is 871 g/mol. The SMILES string of the molecule is c1ccc(-c2ccc3c4ccccc4n(-c4ccc(-c5nc(-c6ccccc6)nc(-c6cccc7c6oc6ccccc67)n5)cc4-c4nc(-c5ccccc5)nc(-c5ccccc5)n4)c3c2)cc1. The summed E-state index contributed by atoms with van der Waals surface area (Å²) in [4.78, 5) is 31.3. The zero-order valence-electron chi connectivity index (χ0n) is 36.4. The Balaban J connectivity index is 1.10. The van der Waals surface area contributed by atoms with Gasteiger partial charge in [0.15, 0.2) is 34.9 Å². The Labute approximate surface area is 390 Å². The molecule has 0 aliphatic rings. The van der Waals surface area contributed by atoms with Gasteiger partial charge in [0.1, 0.15) is 11.2 Å². The minimum Gasteiger partial charge on any atom is -0.455 e. The smallest absolute Gasteiger partial charge is 0.167 e. The molecule has 0 N–H and O–H groups in total. The lowest BCUT2D eigenvalue weighted by Crippen LogP contribution is -2.05. The van der Waals surface area contributed by atoms with Crippen LogP contribution in [-0.2, 0) is 0 Å².